The van der Waals surface area contributed by atoms with Crippen molar-refractivity contribution in [2.24, 2.45) is 10.4 Å². The number of aliphatic imine (C=N–C) groups is 1. The summed E-state index contributed by atoms with van der Waals surface area (Å²) in [5.41, 5.74) is 3.10. The van der Waals surface area contributed by atoms with Crippen molar-refractivity contribution in [3.63, 3.8) is 0 Å². The van der Waals surface area contributed by atoms with Gasteiger partial charge >= 0.3 is 12.4 Å². The second-order valence-electron chi connectivity index (χ2n) is 12.0. The van der Waals surface area contributed by atoms with Crippen molar-refractivity contribution in [1.29, 1.82) is 0 Å². The van der Waals surface area contributed by atoms with Gasteiger partial charge in [-0.1, -0.05) is 63.7 Å². The number of nitrogens with one attached hydrogen (secondary N) is 1. The van der Waals surface area contributed by atoms with Gasteiger partial charge in [-0.3, -0.25) is 9.69 Å². The lowest BCUT2D eigenvalue weighted by Crippen LogP contribution is -2.36. The molecule has 0 spiro atoms. The predicted molar refractivity (Wildman–Crippen MR) is 172 cm³/mol. The number of amidine groups is 1. The van der Waals surface area contributed by atoms with Crippen LogP contribution < -0.4 is 15.0 Å². The van der Waals surface area contributed by atoms with Crippen LogP contribution in [-0.4, -0.2) is 50.5 Å². The number of carbonyl (C=O) groups excluding carboxylic acids is 2. The number of anilines is 1. The molecule has 1 aliphatic rings. The van der Waals surface area contributed by atoms with Crippen LogP contribution in [0, 0.1) is 11.2 Å². The van der Waals surface area contributed by atoms with Gasteiger partial charge in [-0.25, -0.2) is 18.9 Å². The van der Waals surface area contributed by atoms with Crippen LogP contribution in [0.5, 0.6) is 5.75 Å². The quantitative estimate of drug-likeness (QED) is 0.185. The van der Waals surface area contributed by atoms with Crippen LogP contribution in [0.25, 0.3) is 17.1 Å². The SMILES string of the molecule is CC(C)c1cc(F)ccc1N1C(=O)CS/C1=N\C(=O)NCC(C)(C)Cc1ccc(-c2ncn(-c3ccc(OC(F)(F)F)cc3)n2)cc1. The number of benzene rings is 3. The summed E-state index contributed by atoms with van der Waals surface area (Å²) in [6, 6.07) is 16.6. The zero-order valence-electron chi connectivity index (χ0n) is 26.0. The van der Waals surface area contributed by atoms with Gasteiger partial charge in [0, 0.05) is 12.1 Å². The number of aromatic nitrogens is 3. The van der Waals surface area contributed by atoms with Gasteiger partial charge in [0.25, 0.3) is 0 Å². The minimum absolute atomic E-state index is 0.0474. The summed E-state index contributed by atoms with van der Waals surface area (Å²) in [6.07, 6.45) is -2.66. The number of thioether (sulfide) groups is 1. The van der Waals surface area contributed by atoms with Gasteiger partial charge in [-0.15, -0.1) is 18.3 Å². The first-order chi connectivity index (χ1) is 22.2. The first-order valence-corrected chi connectivity index (χ1v) is 15.6. The maximum Gasteiger partial charge on any atom is 0.573 e. The highest BCUT2D eigenvalue weighted by atomic mass is 32.2. The molecular weight excluding hydrogens is 636 g/mol. The van der Waals surface area contributed by atoms with E-state index in [0.717, 1.165) is 22.9 Å². The Hall–Kier alpha value is -4.72. The maximum atomic E-state index is 13.9. The molecule has 1 N–H and O–H groups in total. The van der Waals surface area contributed by atoms with E-state index in [1.807, 2.05) is 52.0 Å². The molecule has 2 heterocycles. The van der Waals surface area contributed by atoms with Crippen LogP contribution in [-0.2, 0) is 11.2 Å². The van der Waals surface area contributed by atoms with Gasteiger partial charge in [0.05, 0.1) is 17.1 Å². The number of amides is 3. The van der Waals surface area contributed by atoms with Crippen LogP contribution in [0.2, 0.25) is 0 Å². The Morgan fingerprint density at radius 2 is 1.77 bits per heavy atom. The molecule has 1 saturated heterocycles. The third-order valence-electron chi connectivity index (χ3n) is 7.25. The number of hydrogen-bond acceptors (Lipinski definition) is 6. The molecule has 1 aromatic heterocycles. The van der Waals surface area contributed by atoms with Crippen molar-refractivity contribution in [3.8, 4) is 22.8 Å². The van der Waals surface area contributed by atoms with Crippen LogP contribution >= 0.6 is 11.8 Å². The molecule has 14 heteroatoms. The zero-order valence-corrected chi connectivity index (χ0v) is 26.8. The summed E-state index contributed by atoms with van der Waals surface area (Å²) in [5.74, 6) is -0.431. The number of rotatable bonds is 9. The molecule has 0 bridgehead atoms. The number of urea groups is 1. The molecular formula is C33H32F4N6O3S. The number of ether oxygens (including phenoxy) is 1. The molecule has 0 aliphatic carbocycles. The molecule has 4 aromatic rings. The predicted octanol–water partition coefficient (Wildman–Crippen LogP) is 7.51. The lowest BCUT2D eigenvalue weighted by Gasteiger charge is -2.25. The van der Waals surface area contributed by atoms with Crippen LogP contribution in [0.4, 0.5) is 28.0 Å². The lowest BCUT2D eigenvalue weighted by molar-refractivity contribution is -0.274. The molecule has 0 atom stereocenters. The van der Waals surface area contributed by atoms with E-state index in [1.54, 1.807) is 0 Å². The topological polar surface area (TPSA) is 102 Å². The highest BCUT2D eigenvalue weighted by Crippen LogP contribution is 2.34. The second-order valence-corrected chi connectivity index (χ2v) is 13.0. The number of carbonyl (C=O) groups is 2. The molecule has 0 radical (unpaired) electrons. The molecule has 3 amide bonds. The van der Waals surface area contributed by atoms with Gasteiger partial charge < -0.3 is 10.1 Å². The third-order valence-corrected chi connectivity index (χ3v) is 8.18. The summed E-state index contributed by atoms with van der Waals surface area (Å²) in [4.78, 5) is 35.5. The van der Waals surface area contributed by atoms with E-state index in [2.05, 4.69) is 25.1 Å². The van der Waals surface area contributed by atoms with Gasteiger partial charge in [0.15, 0.2) is 11.0 Å². The number of nitrogens with zero attached hydrogens (tertiary/aromatic N) is 5. The highest BCUT2D eigenvalue weighted by molar-refractivity contribution is 8.15. The Labute approximate surface area is 273 Å². The average molecular weight is 669 g/mol. The first kappa shape index (κ1) is 33.6. The fourth-order valence-electron chi connectivity index (χ4n) is 5.02. The Morgan fingerprint density at radius 3 is 2.43 bits per heavy atom. The van der Waals surface area contributed by atoms with Crippen LogP contribution in [0.15, 0.2) is 78.0 Å². The lowest BCUT2D eigenvalue weighted by atomic mass is 9.85. The third kappa shape index (κ3) is 8.56. The van der Waals surface area contributed by atoms with Crippen LogP contribution in [0.1, 0.15) is 44.7 Å². The summed E-state index contributed by atoms with van der Waals surface area (Å²) in [7, 11) is 0. The number of hydrogen-bond donors (Lipinski definition) is 1. The fraction of sp³-hybridized carbons (Fsp3) is 0.303. The molecule has 47 heavy (non-hydrogen) atoms. The average Bonchev–Trinajstić information content (AvgIpc) is 3.63. The molecule has 1 fully saturated rings. The molecule has 3 aromatic carbocycles. The second kappa shape index (κ2) is 13.6. The van der Waals surface area contributed by atoms with Gasteiger partial charge in [-0.2, -0.15) is 4.99 Å². The molecule has 0 saturated carbocycles. The van der Waals surface area contributed by atoms with Gasteiger partial charge in [-0.05, 0) is 71.3 Å². The van der Waals surface area contributed by atoms with Gasteiger partial charge in [0.2, 0.25) is 5.91 Å². The standard InChI is InChI=1S/C33H32F4N6O3S/c1-20(2)26-15-23(34)9-14-27(26)43-28(44)17-47-31(43)40-30(45)38-18-32(3,4)16-21-5-7-22(8-6-21)29-39-19-42(41-29)24-10-12-25(13-11-24)46-33(35,36)37/h5-15,19-20H,16-18H2,1-4H3,(H,38,45)/b40-31-. The van der Waals surface area contributed by atoms with Crippen molar-refractivity contribution in [2.45, 2.75) is 46.4 Å². The van der Waals surface area contributed by atoms with E-state index in [9.17, 15) is 27.2 Å². The van der Waals surface area contributed by atoms with E-state index in [4.69, 9.17) is 0 Å². The zero-order chi connectivity index (χ0) is 33.9. The molecule has 1 aliphatic heterocycles. The minimum atomic E-state index is -4.77. The van der Waals surface area contributed by atoms with Crippen molar-refractivity contribution < 1.29 is 31.9 Å². The largest absolute Gasteiger partial charge is 0.573 e. The van der Waals surface area contributed by atoms with Crippen LogP contribution in [0.3, 0.4) is 0 Å². The van der Waals surface area contributed by atoms with Crippen molar-refractivity contribution in [3.05, 3.63) is 90.0 Å². The Kier molecular flexibility index (Phi) is 9.70. The molecule has 246 valence electrons. The monoisotopic (exact) mass is 668 g/mol. The van der Waals surface area contributed by atoms with E-state index in [1.165, 1.54) is 58.4 Å². The fourth-order valence-corrected chi connectivity index (χ4v) is 5.88. The first-order valence-electron chi connectivity index (χ1n) is 14.7. The summed E-state index contributed by atoms with van der Waals surface area (Å²) in [6.45, 7) is 8.14. The van der Waals surface area contributed by atoms with E-state index in [0.29, 0.717) is 35.7 Å². The molecule has 9 nitrogen and oxygen atoms in total. The molecule has 5 rings (SSSR count). The summed E-state index contributed by atoms with van der Waals surface area (Å²) >= 11 is 1.16. The minimum Gasteiger partial charge on any atom is -0.406 e. The Bertz CT molecular complexity index is 1790. The number of halogens is 4. The summed E-state index contributed by atoms with van der Waals surface area (Å²) < 4.78 is 56.6. The van der Waals surface area contributed by atoms with E-state index >= 15 is 0 Å². The van der Waals surface area contributed by atoms with Crippen molar-refractivity contribution in [2.75, 3.05) is 17.2 Å². The van der Waals surface area contributed by atoms with Crippen molar-refractivity contribution in [1.82, 2.24) is 20.1 Å². The smallest absolute Gasteiger partial charge is 0.406 e. The maximum absolute atomic E-state index is 13.9. The van der Waals surface area contributed by atoms with E-state index < -0.39 is 18.2 Å². The number of alkyl halides is 3. The molecule has 0 unspecified atom stereocenters. The highest BCUT2D eigenvalue weighted by Gasteiger charge is 2.33. The summed E-state index contributed by atoms with van der Waals surface area (Å²) in [5, 5.41) is 7.53. The van der Waals surface area contributed by atoms with Gasteiger partial charge in [0.1, 0.15) is 17.9 Å². The normalized spacial score (nSPS) is 14.7. The van der Waals surface area contributed by atoms with E-state index in [-0.39, 0.29) is 33.9 Å². The Morgan fingerprint density at radius 1 is 1.06 bits per heavy atom. The van der Waals surface area contributed by atoms with Crippen molar-refractivity contribution >= 4 is 34.6 Å². The Balaban J connectivity index is 1.19.